The van der Waals surface area contributed by atoms with Crippen molar-refractivity contribution in [2.45, 2.75) is 18.9 Å². The minimum atomic E-state index is -0.390. The number of para-hydroxylation sites is 1. The second-order valence-corrected chi connectivity index (χ2v) is 5.10. The molecular weight excluding hydrogens is 230 g/mol. The van der Waals surface area contributed by atoms with E-state index in [1.807, 2.05) is 42.1 Å². The summed E-state index contributed by atoms with van der Waals surface area (Å²) < 4.78 is 0. The fourth-order valence-electron chi connectivity index (χ4n) is 1.86. The molecule has 1 N–H and O–H groups in total. The van der Waals surface area contributed by atoms with Crippen molar-refractivity contribution in [3.8, 4) is 0 Å². The van der Waals surface area contributed by atoms with Crippen LogP contribution in [0.15, 0.2) is 36.5 Å². The molecule has 1 aromatic carbocycles. The van der Waals surface area contributed by atoms with E-state index in [9.17, 15) is 5.11 Å². The molecule has 0 saturated heterocycles. The van der Waals surface area contributed by atoms with Gasteiger partial charge < -0.3 is 5.11 Å². The lowest BCUT2D eigenvalue weighted by atomic mass is 10.1. The smallest absolute Gasteiger partial charge is 0.0805 e. The van der Waals surface area contributed by atoms with Gasteiger partial charge >= 0.3 is 0 Å². The van der Waals surface area contributed by atoms with E-state index in [1.165, 1.54) is 0 Å². The largest absolute Gasteiger partial charge is 0.388 e. The molecule has 0 saturated carbocycles. The molecule has 0 aliphatic carbocycles. The summed E-state index contributed by atoms with van der Waals surface area (Å²) in [6.07, 6.45) is 5.32. The van der Waals surface area contributed by atoms with Gasteiger partial charge in [-0.3, -0.25) is 4.98 Å². The number of aliphatic hydroxyl groups is 1. The van der Waals surface area contributed by atoms with Crippen LogP contribution in [0.2, 0.25) is 0 Å². The SMILES string of the molecule is CSCCCC(O)c1cnc2ccccc2c1. The van der Waals surface area contributed by atoms with E-state index in [0.717, 1.165) is 35.1 Å². The lowest BCUT2D eigenvalue weighted by molar-refractivity contribution is 0.166. The predicted octanol–water partition coefficient (Wildman–Crippen LogP) is 3.41. The molecular formula is C14H17NOS. The molecule has 2 aromatic rings. The van der Waals surface area contributed by atoms with E-state index in [1.54, 1.807) is 6.20 Å². The molecule has 1 unspecified atom stereocenters. The fraction of sp³-hybridized carbons (Fsp3) is 0.357. The molecule has 0 spiro atoms. The molecule has 90 valence electrons. The molecule has 0 aliphatic rings. The number of hydrogen-bond acceptors (Lipinski definition) is 3. The van der Waals surface area contributed by atoms with Crippen molar-refractivity contribution in [1.29, 1.82) is 0 Å². The summed E-state index contributed by atoms with van der Waals surface area (Å²) in [5, 5.41) is 11.1. The minimum Gasteiger partial charge on any atom is -0.388 e. The van der Waals surface area contributed by atoms with Crippen molar-refractivity contribution < 1.29 is 5.11 Å². The highest BCUT2D eigenvalue weighted by atomic mass is 32.2. The summed E-state index contributed by atoms with van der Waals surface area (Å²) in [5.74, 6) is 1.10. The molecule has 3 heteroatoms. The fourth-order valence-corrected chi connectivity index (χ4v) is 2.31. The van der Waals surface area contributed by atoms with Gasteiger partial charge in [0.15, 0.2) is 0 Å². The first-order valence-corrected chi connectivity index (χ1v) is 7.22. The average Bonchev–Trinajstić information content (AvgIpc) is 2.38. The van der Waals surface area contributed by atoms with Crippen LogP contribution < -0.4 is 0 Å². The Kier molecular flexibility index (Phi) is 4.40. The third-order valence-electron chi connectivity index (χ3n) is 2.82. The number of aromatic nitrogens is 1. The van der Waals surface area contributed by atoms with Gasteiger partial charge in [0.1, 0.15) is 0 Å². The van der Waals surface area contributed by atoms with Crippen LogP contribution in [0.1, 0.15) is 24.5 Å². The van der Waals surface area contributed by atoms with Crippen molar-refractivity contribution in [2.24, 2.45) is 0 Å². The van der Waals surface area contributed by atoms with Crippen molar-refractivity contribution in [3.63, 3.8) is 0 Å². The minimum absolute atomic E-state index is 0.390. The zero-order chi connectivity index (χ0) is 12.1. The van der Waals surface area contributed by atoms with Gasteiger partial charge in [-0.1, -0.05) is 18.2 Å². The van der Waals surface area contributed by atoms with Gasteiger partial charge in [-0.05, 0) is 42.5 Å². The number of aliphatic hydroxyl groups excluding tert-OH is 1. The number of pyridine rings is 1. The first kappa shape index (κ1) is 12.4. The Labute approximate surface area is 106 Å². The molecule has 2 nitrogen and oxygen atoms in total. The van der Waals surface area contributed by atoms with Gasteiger partial charge in [0.25, 0.3) is 0 Å². The van der Waals surface area contributed by atoms with Crippen LogP contribution in [0.4, 0.5) is 0 Å². The maximum atomic E-state index is 10.1. The summed E-state index contributed by atoms with van der Waals surface area (Å²) in [4.78, 5) is 4.37. The first-order chi connectivity index (χ1) is 8.31. The highest BCUT2D eigenvalue weighted by Gasteiger charge is 2.08. The number of fused-ring (bicyclic) bond motifs is 1. The molecule has 0 fully saturated rings. The Morgan fingerprint density at radius 1 is 1.35 bits per heavy atom. The van der Waals surface area contributed by atoms with Crippen molar-refractivity contribution in [3.05, 3.63) is 42.1 Å². The van der Waals surface area contributed by atoms with Crippen LogP contribution in [-0.2, 0) is 0 Å². The molecule has 1 heterocycles. The van der Waals surface area contributed by atoms with E-state index in [4.69, 9.17) is 0 Å². The van der Waals surface area contributed by atoms with Gasteiger partial charge in [-0.15, -0.1) is 0 Å². The Hall–Kier alpha value is -1.06. The van der Waals surface area contributed by atoms with E-state index < -0.39 is 0 Å². The summed E-state index contributed by atoms with van der Waals surface area (Å²) in [7, 11) is 0. The standard InChI is InChI=1S/C14H17NOS/c1-17-8-4-7-14(16)12-9-11-5-2-3-6-13(11)15-10-12/h2-3,5-6,9-10,14,16H,4,7-8H2,1H3. The van der Waals surface area contributed by atoms with Crippen LogP contribution in [0.5, 0.6) is 0 Å². The van der Waals surface area contributed by atoms with Crippen LogP contribution in [0, 0.1) is 0 Å². The van der Waals surface area contributed by atoms with Crippen molar-refractivity contribution in [2.75, 3.05) is 12.0 Å². The zero-order valence-electron chi connectivity index (χ0n) is 9.97. The average molecular weight is 247 g/mol. The molecule has 2 rings (SSSR count). The van der Waals surface area contributed by atoms with Gasteiger partial charge in [0, 0.05) is 11.6 Å². The van der Waals surface area contributed by atoms with E-state index >= 15 is 0 Å². The second kappa shape index (κ2) is 6.03. The molecule has 17 heavy (non-hydrogen) atoms. The van der Waals surface area contributed by atoms with E-state index in [-0.39, 0.29) is 6.10 Å². The second-order valence-electron chi connectivity index (χ2n) is 4.11. The maximum absolute atomic E-state index is 10.1. The van der Waals surface area contributed by atoms with Crippen LogP contribution in [0.25, 0.3) is 10.9 Å². The van der Waals surface area contributed by atoms with Crippen LogP contribution >= 0.6 is 11.8 Å². The highest BCUT2D eigenvalue weighted by Crippen LogP contribution is 2.22. The molecule has 1 atom stereocenters. The number of benzene rings is 1. The molecule has 0 radical (unpaired) electrons. The molecule has 0 aliphatic heterocycles. The first-order valence-electron chi connectivity index (χ1n) is 5.83. The Morgan fingerprint density at radius 3 is 3.00 bits per heavy atom. The highest BCUT2D eigenvalue weighted by molar-refractivity contribution is 7.98. The monoisotopic (exact) mass is 247 g/mol. The number of nitrogens with zero attached hydrogens (tertiary/aromatic N) is 1. The van der Waals surface area contributed by atoms with E-state index in [2.05, 4.69) is 11.2 Å². The van der Waals surface area contributed by atoms with Crippen LogP contribution in [-0.4, -0.2) is 22.1 Å². The van der Waals surface area contributed by atoms with E-state index in [0.29, 0.717) is 0 Å². The Balaban J connectivity index is 2.12. The number of hydrogen-bond donors (Lipinski definition) is 1. The topological polar surface area (TPSA) is 33.1 Å². The number of rotatable bonds is 5. The van der Waals surface area contributed by atoms with Crippen LogP contribution in [0.3, 0.4) is 0 Å². The third kappa shape index (κ3) is 3.20. The molecule has 0 bridgehead atoms. The number of thioether (sulfide) groups is 1. The van der Waals surface area contributed by atoms with Gasteiger partial charge in [-0.2, -0.15) is 11.8 Å². The van der Waals surface area contributed by atoms with Crippen molar-refractivity contribution in [1.82, 2.24) is 4.98 Å². The quantitative estimate of drug-likeness (QED) is 0.822. The molecule has 1 aromatic heterocycles. The lowest BCUT2D eigenvalue weighted by Gasteiger charge is -2.10. The van der Waals surface area contributed by atoms with Gasteiger partial charge in [0.2, 0.25) is 0 Å². The van der Waals surface area contributed by atoms with Gasteiger partial charge in [-0.25, -0.2) is 0 Å². The molecule has 0 amide bonds. The summed E-state index contributed by atoms with van der Waals surface area (Å²) in [6, 6.07) is 10.0. The Bertz CT molecular complexity index is 486. The van der Waals surface area contributed by atoms with Crippen molar-refractivity contribution >= 4 is 22.7 Å². The third-order valence-corrected chi connectivity index (χ3v) is 3.52. The summed E-state index contributed by atoms with van der Waals surface area (Å²) in [5.41, 5.74) is 1.90. The maximum Gasteiger partial charge on any atom is 0.0805 e. The zero-order valence-corrected chi connectivity index (χ0v) is 10.8. The Morgan fingerprint density at radius 2 is 2.18 bits per heavy atom. The normalized spacial score (nSPS) is 12.8. The lowest BCUT2D eigenvalue weighted by Crippen LogP contribution is -1.99. The predicted molar refractivity (Wildman–Crippen MR) is 74.3 cm³/mol. The summed E-state index contributed by atoms with van der Waals surface area (Å²) >= 11 is 1.81. The summed E-state index contributed by atoms with van der Waals surface area (Å²) in [6.45, 7) is 0. The van der Waals surface area contributed by atoms with Gasteiger partial charge in [0.05, 0.1) is 11.6 Å².